The Morgan fingerprint density at radius 3 is 2.38 bits per heavy atom. The summed E-state index contributed by atoms with van der Waals surface area (Å²) in [6, 6.07) is 10.2. The molecule has 0 saturated heterocycles. The van der Waals surface area contributed by atoms with Crippen molar-refractivity contribution in [1.82, 2.24) is 10.6 Å². The smallest absolute Gasteiger partial charge is 0.191 e. The van der Waals surface area contributed by atoms with Crippen molar-refractivity contribution < 1.29 is 14.3 Å². The predicted octanol–water partition coefficient (Wildman–Crippen LogP) is 3.78. The first-order chi connectivity index (χ1) is 13.7. The molecule has 160 valence electrons. The van der Waals surface area contributed by atoms with Crippen LogP contribution in [0.5, 0.6) is 0 Å². The van der Waals surface area contributed by atoms with Gasteiger partial charge in [-0.25, -0.2) is 4.99 Å². The van der Waals surface area contributed by atoms with Gasteiger partial charge in [-0.3, -0.25) is 0 Å². The molecule has 6 nitrogen and oxygen atoms in total. The largest absolute Gasteiger partial charge is 0.466 e. The zero-order chi connectivity index (χ0) is 21.4. The standard InChI is InChI=1S/C23H35N3O3/c1-7-24-22(26-15-23(6,27)21-12-17(4)29-18(21)5)25-13-19-8-10-20(11-9-19)14-28-16(2)3/h8-12,16,27H,7,13-15H2,1-6H3,(H2,24,25,26). The number of furan rings is 1. The van der Waals surface area contributed by atoms with Crippen molar-refractivity contribution in [3.8, 4) is 0 Å². The summed E-state index contributed by atoms with van der Waals surface area (Å²) in [5, 5.41) is 17.3. The van der Waals surface area contributed by atoms with Crippen LogP contribution in [-0.2, 0) is 23.5 Å². The molecule has 1 unspecified atom stereocenters. The highest BCUT2D eigenvalue weighted by Gasteiger charge is 2.27. The van der Waals surface area contributed by atoms with Crippen LogP contribution in [0.15, 0.2) is 39.7 Å². The average Bonchev–Trinajstić information content (AvgIpc) is 3.02. The normalized spacial score (nSPS) is 14.1. The Bertz CT molecular complexity index is 792. The van der Waals surface area contributed by atoms with Gasteiger partial charge in [-0.15, -0.1) is 0 Å². The van der Waals surface area contributed by atoms with Crippen LogP contribution in [0.3, 0.4) is 0 Å². The lowest BCUT2D eigenvalue weighted by molar-refractivity contribution is 0.0601. The molecule has 6 heteroatoms. The summed E-state index contributed by atoms with van der Waals surface area (Å²) >= 11 is 0. The molecule has 0 saturated carbocycles. The van der Waals surface area contributed by atoms with E-state index >= 15 is 0 Å². The van der Waals surface area contributed by atoms with Crippen molar-refractivity contribution in [3.05, 3.63) is 58.5 Å². The van der Waals surface area contributed by atoms with Gasteiger partial charge < -0.3 is 24.9 Å². The van der Waals surface area contributed by atoms with Crippen molar-refractivity contribution in [2.45, 2.75) is 66.4 Å². The molecule has 0 amide bonds. The third-order valence-corrected chi connectivity index (χ3v) is 4.59. The van der Waals surface area contributed by atoms with Crippen molar-refractivity contribution in [2.75, 3.05) is 13.1 Å². The summed E-state index contributed by atoms with van der Waals surface area (Å²) in [6.07, 6.45) is 0.222. The Balaban J connectivity index is 1.98. The van der Waals surface area contributed by atoms with Gasteiger partial charge in [0.05, 0.1) is 25.8 Å². The van der Waals surface area contributed by atoms with Crippen molar-refractivity contribution >= 4 is 5.96 Å². The van der Waals surface area contributed by atoms with Crippen LogP contribution in [0.2, 0.25) is 0 Å². The number of guanidine groups is 1. The molecule has 0 spiro atoms. The minimum absolute atomic E-state index is 0.222. The number of nitrogens with zero attached hydrogens (tertiary/aromatic N) is 1. The molecule has 2 rings (SSSR count). The highest BCUT2D eigenvalue weighted by molar-refractivity contribution is 5.79. The zero-order valence-electron chi connectivity index (χ0n) is 18.5. The van der Waals surface area contributed by atoms with Gasteiger partial charge in [-0.05, 0) is 58.7 Å². The molecular formula is C23H35N3O3. The van der Waals surface area contributed by atoms with E-state index in [9.17, 15) is 5.11 Å². The fourth-order valence-electron chi connectivity index (χ4n) is 3.03. The van der Waals surface area contributed by atoms with Crippen LogP contribution in [0, 0.1) is 13.8 Å². The molecule has 0 radical (unpaired) electrons. The Kier molecular flexibility index (Phi) is 8.29. The summed E-state index contributed by atoms with van der Waals surface area (Å²) in [6.45, 7) is 13.8. The number of aryl methyl sites for hydroxylation is 2. The van der Waals surface area contributed by atoms with E-state index in [0.29, 0.717) is 25.7 Å². The Hall–Kier alpha value is -2.31. The first-order valence-corrected chi connectivity index (χ1v) is 10.2. The Labute approximate surface area is 174 Å². The number of hydrogen-bond acceptors (Lipinski definition) is 4. The maximum absolute atomic E-state index is 10.9. The van der Waals surface area contributed by atoms with E-state index in [0.717, 1.165) is 34.8 Å². The number of benzene rings is 1. The molecule has 2 aromatic rings. The van der Waals surface area contributed by atoms with Gasteiger partial charge in [0, 0.05) is 12.1 Å². The van der Waals surface area contributed by atoms with E-state index in [4.69, 9.17) is 9.15 Å². The van der Waals surface area contributed by atoms with E-state index < -0.39 is 5.60 Å². The number of aliphatic hydroxyl groups is 1. The van der Waals surface area contributed by atoms with Crippen molar-refractivity contribution in [2.24, 2.45) is 4.99 Å². The summed E-state index contributed by atoms with van der Waals surface area (Å²) in [5.41, 5.74) is 2.00. The van der Waals surface area contributed by atoms with Gasteiger partial charge in [-0.1, -0.05) is 24.3 Å². The highest BCUT2D eigenvalue weighted by atomic mass is 16.5. The molecular weight excluding hydrogens is 366 g/mol. The predicted molar refractivity (Wildman–Crippen MR) is 117 cm³/mol. The summed E-state index contributed by atoms with van der Waals surface area (Å²) in [4.78, 5) is 4.64. The third-order valence-electron chi connectivity index (χ3n) is 4.59. The van der Waals surface area contributed by atoms with Crippen LogP contribution < -0.4 is 10.6 Å². The molecule has 1 atom stereocenters. The summed E-state index contributed by atoms with van der Waals surface area (Å²) in [7, 11) is 0. The number of hydrogen-bond donors (Lipinski definition) is 3. The van der Waals surface area contributed by atoms with Crippen molar-refractivity contribution in [3.63, 3.8) is 0 Å². The lowest BCUT2D eigenvalue weighted by Crippen LogP contribution is -2.44. The minimum Gasteiger partial charge on any atom is -0.466 e. The zero-order valence-corrected chi connectivity index (χ0v) is 18.5. The maximum Gasteiger partial charge on any atom is 0.191 e. The molecule has 0 bridgehead atoms. The Morgan fingerprint density at radius 1 is 1.17 bits per heavy atom. The minimum atomic E-state index is -1.06. The monoisotopic (exact) mass is 401 g/mol. The molecule has 1 aromatic heterocycles. The van der Waals surface area contributed by atoms with E-state index in [1.807, 2.05) is 40.7 Å². The third kappa shape index (κ3) is 7.22. The van der Waals surface area contributed by atoms with Crippen LogP contribution in [0.1, 0.15) is 55.9 Å². The van der Waals surface area contributed by atoms with Crippen LogP contribution in [0.25, 0.3) is 0 Å². The second kappa shape index (κ2) is 10.5. The number of ether oxygens (including phenoxy) is 1. The second-order valence-electron chi connectivity index (χ2n) is 7.83. The van der Waals surface area contributed by atoms with Gasteiger partial charge >= 0.3 is 0 Å². The van der Waals surface area contributed by atoms with Gasteiger partial charge in [0.2, 0.25) is 0 Å². The number of rotatable bonds is 9. The fourth-order valence-corrected chi connectivity index (χ4v) is 3.03. The molecule has 0 aliphatic rings. The number of aliphatic imine (C=N–C) groups is 1. The topological polar surface area (TPSA) is 79.0 Å². The highest BCUT2D eigenvalue weighted by Crippen LogP contribution is 2.26. The SMILES string of the molecule is CCNC(=NCc1ccc(COC(C)C)cc1)NCC(C)(O)c1cc(C)oc1C. The van der Waals surface area contributed by atoms with Gasteiger partial charge in [0.1, 0.15) is 17.1 Å². The average molecular weight is 402 g/mol. The van der Waals surface area contributed by atoms with Crippen molar-refractivity contribution in [1.29, 1.82) is 0 Å². The van der Waals surface area contributed by atoms with E-state index in [1.165, 1.54) is 0 Å². The molecule has 0 aliphatic carbocycles. The van der Waals surface area contributed by atoms with Crippen LogP contribution in [-0.4, -0.2) is 30.3 Å². The van der Waals surface area contributed by atoms with E-state index in [1.54, 1.807) is 6.92 Å². The second-order valence-corrected chi connectivity index (χ2v) is 7.83. The lowest BCUT2D eigenvalue weighted by Gasteiger charge is -2.24. The van der Waals surface area contributed by atoms with Crippen LogP contribution >= 0.6 is 0 Å². The summed E-state index contributed by atoms with van der Waals surface area (Å²) < 4.78 is 11.2. The lowest BCUT2D eigenvalue weighted by atomic mass is 9.96. The van der Waals surface area contributed by atoms with Gasteiger partial charge in [0.25, 0.3) is 0 Å². The fraction of sp³-hybridized carbons (Fsp3) is 0.522. The van der Waals surface area contributed by atoms with Gasteiger partial charge in [-0.2, -0.15) is 0 Å². The molecule has 1 heterocycles. The van der Waals surface area contributed by atoms with E-state index in [2.05, 4.69) is 39.9 Å². The number of nitrogens with one attached hydrogen (secondary N) is 2. The first kappa shape index (κ1) is 23.0. The first-order valence-electron chi connectivity index (χ1n) is 10.2. The molecule has 3 N–H and O–H groups in total. The molecule has 0 fully saturated rings. The Morgan fingerprint density at radius 2 is 1.83 bits per heavy atom. The molecule has 0 aliphatic heterocycles. The van der Waals surface area contributed by atoms with Gasteiger partial charge in [0.15, 0.2) is 5.96 Å². The van der Waals surface area contributed by atoms with E-state index in [-0.39, 0.29) is 6.10 Å². The quantitative estimate of drug-likeness (QED) is 0.440. The maximum atomic E-state index is 10.9. The summed E-state index contributed by atoms with van der Waals surface area (Å²) in [5.74, 6) is 2.19. The molecule has 1 aromatic carbocycles. The van der Waals surface area contributed by atoms with Crippen LogP contribution in [0.4, 0.5) is 0 Å². The molecule has 29 heavy (non-hydrogen) atoms.